The molecule has 0 unspecified atom stereocenters. The summed E-state index contributed by atoms with van der Waals surface area (Å²) >= 11 is 0. The second-order valence-electron chi connectivity index (χ2n) is 4.01. The highest BCUT2D eigenvalue weighted by Crippen LogP contribution is 2.12. The zero-order valence-electron chi connectivity index (χ0n) is 10.4. The van der Waals surface area contributed by atoms with Gasteiger partial charge in [0.25, 0.3) is 5.56 Å². The smallest absolute Gasteiger partial charge is 0.329 e. The predicted molar refractivity (Wildman–Crippen MR) is 68.3 cm³/mol. The molecule has 0 saturated carbocycles. The lowest BCUT2D eigenvalue weighted by molar-refractivity contribution is 0.280. The van der Waals surface area contributed by atoms with E-state index in [-0.39, 0.29) is 37.5 Å². The minimum atomic E-state index is -0.551. The van der Waals surface area contributed by atoms with Gasteiger partial charge in [0.05, 0.1) is 13.2 Å². The summed E-state index contributed by atoms with van der Waals surface area (Å²) in [5.41, 5.74) is -0.696. The standard InChI is InChI=1S/C10H15N5O4/c1-14-7-6(8(18)13-10(14)19)11-9(12-7)15(2-4-16)3-5-17/h16-17H,2-5H2,1H3,(H,11,12)(H,13,18,19). The fourth-order valence-electron chi connectivity index (χ4n) is 1.81. The van der Waals surface area contributed by atoms with Crippen LogP contribution in [0.1, 0.15) is 0 Å². The molecule has 2 aromatic rings. The normalized spacial score (nSPS) is 11.1. The number of aryl methyl sites for hydroxylation is 1. The Kier molecular flexibility index (Phi) is 3.67. The largest absolute Gasteiger partial charge is 0.395 e. The molecule has 2 aromatic heterocycles. The fraction of sp³-hybridized carbons (Fsp3) is 0.500. The third-order valence-corrected chi connectivity index (χ3v) is 2.78. The van der Waals surface area contributed by atoms with E-state index < -0.39 is 11.2 Å². The second kappa shape index (κ2) is 5.24. The summed E-state index contributed by atoms with van der Waals surface area (Å²) in [4.78, 5) is 33.8. The molecule has 0 fully saturated rings. The molecule has 9 heteroatoms. The molecule has 4 N–H and O–H groups in total. The van der Waals surface area contributed by atoms with Crippen molar-refractivity contribution in [3.63, 3.8) is 0 Å². The lowest BCUT2D eigenvalue weighted by Crippen LogP contribution is -2.30. The Hall–Kier alpha value is -2.13. The van der Waals surface area contributed by atoms with E-state index in [1.807, 2.05) is 0 Å². The number of hydrogen-bond donors (Lipinski definition) is 4. The van der Waals surface area contributed by atoms with Crippen LogP contribution in [0.15, 0.2) is 9.59 Å². The maximum absolute atomic E-state index is 11.6. The first-order valence-corrected chi connectivity index (χ1v) is 5.74. The Morgan fingerprint density at radius 3 is 2.42 bits per heavy atom. The Bertz CT molecular complexity index is 679. The molecule has 0 atom stereocenters. The first-order valence-electron chi connectivity index (χ1n) is 5.74. The van der Waals surface area contributed by atoms with Crippen LogP contribution in [0.5, 0.6) is 0 Å². The van der Waals surface area contributed by atoms with Gasteiger partial charge in [0, 0.05) is 20.1 Å². The lowest BCUT2D eigenvalue weighted by atomic mass is 10.5. The van der Waals surface area contributed by atoms with Gasteiger partial charge in [-0.1, -0.05) is 0 Å². The van der Waals surface area contributed by atoms with Crippen LogP contribution in [-0.2, 0) is 7.05 Å². The Labute approximate surface area is 107 Å². The minimum Gasteiger partial charge on any atom is -0.395 e. The summed E-state index contributed by atoms with van der Waals surface area (Å²) in [6, 6.07) is 0. The van der Waals surface area contributed by atoms with Crippen LogP contribution < -0.4 is 16.1 Å². The van der Waals surface area contributed by atoms with E-state index in [2.05, 4.69) is 15.0 Å². The molecule has 0 aliphatic carbocycles. The number of aliphatic hydroxyl groups is 2. The minimum absolute atomic E-state index is 0.119. The highest BCUT2D eigenvalue weighted by Gasteiger charge is 2.14. The second-order valence-corrected chi connectivity index (χ2v) is 4.01. The zero-order chi connectivity index (χ0) is 14.0. The number of nitrogens with one attached hydrogen (secondary N) is 2. The van der Waals surface area contributed by atoms with Crippen LogP contribution >= 0.6 is 0 Å². The van der Waals surface area contributed by atoms with Crippen LogP contribution in [0, 0.1) is 0 Å². The number of nitrogens with zero attached hydrogens (tertiary/aromatic N) is 3. The monoisotopic (exact) mass is 269 g/mol. The first kappa shape index (κ1) is 13.3. The van der Waals surface area contributed by atoms with Crippen molar-refractivity contribution in [2.45, 2.75) is 0 Å². The van der Waals surface area contributed by atoms with Gasteiger partial charge >= 0.3 is 5.69 Å². The molecule has 0 radical (unpaired) electrons. The quantitative estimate of drug-likeness (QED) is 0.485. The number of aromatic amines is 2. The van der Waals surface area contributed by atoms with Crippen molar-refractivity contribution in [1.82, 2.24) is 19.5 Å². The van der Waals surface area contributed by atoms with Crippen LogP contribution in [-0.4, -0.2) is 56.0 Å². The molecule has 0 amide bonds. The molecule has 9 nitrogen and oxygen atoms in total. The lowest BCUT2D eigenvalue weighted by Gasteiger charge is -2.18. The maximum atomic E-state index is 11.6. The average molecular weight is 269 g/mol. The molecule has 0 aliphatic rings. The molecule has 104 valence electrons. The van der Waals surface area contributed by atoms with Crippen molar-refractivity contribution in [2.75, 3.05) is 31.2 Å². The average Bonchev–Trinajstić information content (AvgIpc) is 2.81. The molecule has 0 aliphatic heterocycles. The van der Waals surface area contributed by atoms with Gasteiger partial charge in [-0.25, -0.2) is 4.79 Å². The number of fused-ring (bicyclic) bond motifs is 1. The van der Waals surface area contributed by atoms with E-state index in [0.717, 1.165) is 0 Å². The third kappa shape index (κ3) is 2.37. The topological polar surface area (TPSA) is 127 Å². The fourth-order valence-corrected chi connectivity index (χ4v) is 1.81. The van der Waals surface area contributed by atoms with Gasteiger partial charge in [0.2, 0.25) is 5.95 Å². The van der Waals surface area contributed by atoms with Gasteiger partial charge < -0.3 is 20.1 Å². The summed E-state index contributed by atoms with van der Waals surface area (Å²) in [5, 5.41) is 17.9. The van der Waals surface area contributed by atoms with E-state index in [9.17, 15) is 9.59 Å². The Morgan fingerprint density at radius 1 is 1.21 bits per heavy atom. The van der Waals surface area contributed by atoms with E-state index in [1.165, 1.54) is 11.6 Å². The number of hydrogen-bond acceptors (Lipinski definition) is 6. The Balaban J connectivity index is 2.57. The van der Waals surface area contributed by atoms with Crippen LogP contribution in [0.2, 0.25) is 0 Å². The van der Waals surface area contributed by atoms with Gasteiger partial charge in [-0.3, -0.25) is 14.3 Å². The molecule has 2 heterocycles. The molecule has 0 aromatic carbocycles. The highest BCUT2D eigenvalue weighted by atomic mass is 16.3. The van der Waals surface area contributed by atoms with Crippen molar-refractivity contribution in [1.29, 1.82) is 0 Å². The SMILES string of the molecule is Cn1c(=O)[nH]c(=O)c2[nH]c(N(CCO)CCO)nc21. The molecule has 0 saturated heterocycles. The van der Waals surface area contributed by atoms with Crippen LogP contribution in [0.4, 0.5) is 5.95 Å². The van der Waals surface area contributed by atoms with Crippen molar-refractivity contribution < 1.29 is 10.2 Å². The predicted octanol–water partition coefficient (Wildman–Crippen LogP) is -2.26. The van der Waals surface area contributed by atoms with E-state index in [0.29, 0.717) is 5.95 Å². The van der Waals surface area contributed by atoms with Gasteiger partial charge in [0.1, 0.15) is 0 Å². The number of aromatic nitrogens is 4. The van der Waals surface area contributed by atoms with Crippen molar-refractivity contribution in [3.05, 3.63) is 20.8 Å². The summed E-state index contributed by atoms with van der Waals surface area (Å²) in [6.45, 7) is 0.275. The molecular formula is C10H15N5O4. The van der Waals surface area contributed by atoms with E-state index in [4.69, 9.17) is 10.2 Å². The van der Waals surface area contributed by atoms with E-state index in [1.54, 1.807) is 4.90 Å². The number of rotatable bonds is 5. The molecule has 2 rings (SSSR count). The zero-order valence-corrected chi connectivity index (χ0v) is 10.4. The van der Waals surface area contributed by atoms with Gasteiger partial charge in [-0.05, 0) is 0 Å². The number of anilines is 1. The molecule has 19 heavy (non-hydrogen) atoms. The van der Waals surface area contributed by atoms with Crippen molar-refractivity contribution in [2.24, 2.45) is 7.05 Å². The summed E-state index contributed by atoms with van der Waals surface area (Å²) < 4.78 is 1.22. The highest BCUT2D eigenvalue weighted by molar-refractivity contribution is 5.72. The Morgan fingerprint density at radius 2 is 1.84 bits per heavy atom. The van der Waals surface area contributed by atoms with Crippen LogP contribution in [0.25, 0.3) is 11.2 Å². The number of H-pyrrole nitrogens is 2. The molecule has 0 spiro atoms. The van der Waals surface area contributed by atoms with Crippen molar-refractivity contribution >= 4 is 17.1 Å². The van der Waals surface area contributed by atoms with Gasteiger partial charge in [-0.2, -0.15) is 4.98 Å². The summed E-state index contributed by atoms with van der Waals surface area (Å²) in [6.07, 6.45) is 0. The summed E-state index contributed by atoms with van der Waals surface area (Å²) in [5.74, 6) is 0.324. The first-order chi connectivity index (χ1) is 9.08. The van der Waals surface area contributed by atoms with Crippen molar-refractivity contribution in [3.8, 4) is 0 Å². The number of aliphatic hydroxyl groups excluding tert-OH is 2. The number of imidazole rings is 1. The van der Waals surface area contributed by atoms with E-state index >= 15 is 0 Å². The summed E-state index contributed by atoms with van der Waals surface area (Å²) in [7, 11) is 1.49. The third-order valence-electron chi connectivity index (χ3n) is 2.78. The molecular weight excluding hydrogens is 254 g/mol. The van der Waals surface area contributed by atoms with Gasteiger partial charge in [0.15, 0.2) is 11.2 Å². The molecule has 0 bridgehead atoms. The maximum Gasteiger partial charge on any atom is 0.329 e. The van der Waals surface area contributed by atoms with Gasteiger partial charge in [-0.15, -0.1) is 0 Å². The van der Waals surface area contributed by atoms with Crippen LogP contribution in [0.3, 0.4) is 0 Å².